The van der Waals surface area contributed by atoms with Gasteiger partial charge in [-0.2, -0.15) is 0 Å². The van der Waals surface area contributed by atoms with Crippen molar-refractivity contribution in [2.24, 2.45) is 0 Å². The number of rotatable bonds is 2. The summed E-state index contributed by atoms with van der Waals surface area (Å²) in [7, 11) is -2.52. The van der Waals surface area contributed by atoms with Crippen LogP contribution in [0.3, 0.4) is 0 Å². The van der Waals surface area contributed by atoms with Crippen LogP contribution in [0.1, 0.15) is 5.56 Å². The lowest BCUT2D eigenvalue weighted by Gasteiger charge is -2.06. The van der Waals surface area contributed by atoms with Crippen LogP contribution in [0.5, 0.6) is 0 Å². The van der Waals surface area contributed by atoms with Gasteiger partial charge in [-0.25, -0.2) is 17.6 Å². The van der Waals surface area contributed by atoms with E-state index in [2.05, 4.69) is 4.74 Å². The predicted molar refractivity (Wildman–Crippen MR) is 63.4 cm³/mol. The third-order valence-electron chi connectivity index (χ3n) is 2.42. The number of carbonyl (C=O) groups is 1. The van der Waals surface area contributed by atoms with Gasteiger partial charge in [0, 0.05) is 16.5 Å². The summed E-state index contributed by atoms with van der Waals surface area (Å²) in [5.74, 6) is -1.42. The highest BCUT2D eigenvalue weighted by atomic mass is 32.2. The third-order valence-corrected chi connectivity index (χ3v) is 3.55. The van der Waals surface area contributed by atoms with E-state index in [1.807, 2.05) is 0 Å². The number of esters is 1. The second-order valence-electron chi connectivity index (χ2n) is 3.62. The molecule has 0 saturated carbocycles. The summed E-state index contributed by atoms with van der Waals surface area (Å²) >= 11 is 0. The van der Waals surface area contributed by atoms with E-state index >= 15 is 0 Å². The monoisotopic (exact) mass is 268 g/mol. The molecule has 2 rings (SSSR count). The second-order valence-corrected chi connectivity index (χ2v) is 5.27. The number of ether oxygens (including phenoxy) is 1. The van der Waals surface area contributed by atoms with Gasteiger partial charge < -0.3 is 4.74 Å². The van der Waals surface area contributed by atoms with Crippen molar-refractivity contribution in [1.82, 2.24) is 0 Å². The van der Waals surface area contributed by atoms with Gasteiger partial charge in [-0.3, -0.25) is 0 Å². The van der Waals surface area contributed by atoms with E-state index in [0.717, 1.165) is 17.9 Å². The van der Waals surface area contributed by atoms with Gasteiger partial charge in [-0.05, 0) is 6.07 Å². The summed E-state index contributed by atoms with van der Waals surface area (Å²) in [4.78, 5) is 11.5. The van der Waals surface area contributed by atoms with Crippen molar-refractivity contribution in [2.45, 2.75) is 0 Å². The molecule has 0 bridgehead atoms. The molecule has 94 valence electrons. The number of hydrogen-bond donors (Lipinski definition) is 0. The van der Waals surface area contributed by atoms with Crippen molar-refractivity contribution in [3.8, 4) is 0 Å². The first-order chi connectivity index (χ1) is 8.44. The maximum atomic E-state index is 13.6. The van der Waals surface area contributed by atoms with E-state index in [4.69, 9.17) is 0 Å². The van der Waals surface area contributed by atoms with Gasteiger partial charge in [0.05, 0.1) is 18.1 Å². The van der Waals surface area contributed by atoms with Crippen LogP contribution in [-0.4, -0.2) is 21.5 Å². The number of halogens is 1. The molecule has 0 saturated heterocycles. The minimum Gasteiger partial charge on any atom is -0.465 e. The highest BCUT2D eigenvalue weighted by Crippen LogP contribution is 2.32. The third kappa shape index (κ3) is 2.19. The van der Waals surface area contributed by atoms with Crippen molar-refractivity contribution >= 4 is 21.4 Å². The standard InChI is InChI=1S/C12H9FO4S/c1-17-12(14)10-7-18(15,16)6-9(10)8-4-2-3-5-11(8)13/h2-7H,1H3. The molecule has 1 heterocycles. The lowest BCUT2D eigenvalue weighted by atomic mass is 10.0. The van der Waals surface area contributed by atoms with Crippen LogP contribution in [0.25, 0.3) is 5.57 Å². The van der Waals surface area contributed by atoms with Gasteiger partial charge in [0.25, 0.3) is 0 Å². The summed E-state index contributed by atoms with van der Waals surface area (Å²) in [6.45, 7) is 0. The molecule has 0 aromatic heterocycles. The van der Waals surface area contributed by atoms with E-state index in [1.165, 1.54) is 18.2 Å². The normalized spacial score (nSPS) is 17.0. The molecule has 0 amide bonds. The average molecular weight is 268 g/mol. The molecule has 0 radical (unpaired) electrons. The topological polar surface area (TPSA) is 60.4 Å². The molecule has 18 heavy (non-hydrogen) atoms. The maximum absolute atomic E-state index is 13.6. The Morgan fingerprint density at radius 2 is 1.89 bits per heavy atom. The van der Waals surface area contributed by atoms with Crippen molar-refractivity contribution < 1.29 is 22.3 Å². The first-order valence-corrected chi connectivity index (χ1v) is 6.57. The maximum Gasteiger partial charge on any atom is 0.339 e. The minimum absolute atomic E-state index is 0.0138. The number of benzene rings is 1. The zero-order valence-electron chi connectivity index (χ0n) is 9.38. The molecule has 1 aromatic carbocycles. The lowest BCUT2D eigenvalue weighted by Crippen LogP contribution is -2.05. The van der Waals surface area contributed by atoms with Gasteiger partial charge in [0.1, 0.15) is 5.82 Å². The fourth-order valence-corrected chi connectivity index (χ4v) is 2.85. The van der Waals surface area contributed by atoms with Crippen LogP contribution in [-0.2, 0) is 19.4 Å². The fraction of sp³-hybridized carbons (Fsp3) is 0.0833. The lowest BCUT2D eigenvalue weighted by molar-refractivity contribution is -0.135. The average Bonchev–Trinajstić information content (AvgIpc) is 2.65. The van der Waals surface area contributed by atoms with Crippen molar-refractivity contribution in [3.05, 3.63) is 52.0 Å². The summed E-state index contributed by atoms with van der Waals surface area (Å²) in [5.41, 5.74) is -0.0993. The van der Waals surface area contributed by atoms with Gasteiger partial charge >= 0.3 is 5.97 Å². The SMILES string of the molecule is COC(=O)C1=CS(=O)(=O)C=C1c1ccccc1F. The summed E-state index contributed by atoms with van der Waals surface area (Å²) in [6, 6.07) is 5.62. The molecular formula is C12H9FO4S. The minimum atomic E-state index is -3.66. The van der Waals surface area contributed by atoms with E-state index < -0.39 is 21.6 Å². The summed E-state index contributed by atoms with van der Waals surface area (Å²) in [5, 5.41) is 1.64. The molecule has 6 heteroatoms. The van der Waals surface area contributed by atoms with Gasteiger partial charge in [0.2, 0.25) is 0 Å². The first-order valence-electron chi connectivity index (χ1n) is 4.96. The van der Waals surface area contributed by atoms with Crippen LogP contribution >= 0.6 is 0 Å². The summed E-state index contributed by atoms with van der Waals surface area (Å²) in [6.07, 6.45) is 0. The largest absolute Gasteiger partial charge is 0.465 e. The zero-order valence-corrected chi connectivity index (χ0v) is 10.2. The van der Waals surface area contributed by atoms with Crippen LogP contribution in [0.15, 0.2) is 40.7 Å². The Balaban J connectivity index is 2.61. The molecule has 0 fully saturated rings. The second kappa shape index (κ2) is 4.38. The Hall–Kier alpha value is -1.95. The van der Waals surface area contributed by atoms with E-state index in [1.54, 1.807) is 6.07 Å². The van der Waals surface area contributed by atoms with Crippen LogP contribution in [0, 0.1) is 5.82 Å². The van der Waals surface area contributed by atoms with Crippen LogP contribution in [0.4, 0.5) is 4.39 Å². The Labute approximate surface area is 103 Å². The molecular weight excluding hydrogens is 259 g/mol. The Morgan fingerprint density at radius 3 is 2.50 bits per heavy atom. The molecule has 1 aliphatic rings. The molecule has 4 nitrogen and oxygen atoms in total. The van der Waals surface area contributed by atoms with Crippen molar-refractivity contribution in [1.29, 1.82) is 0 Å². The molecule has 1 aliphatic heterocycles. The highest BCUT2D eigenvalue weighted by Gasteiger charge is 2.28. The fourth-order valence-electron chi connectivity index (χ4n) is 1.65. The number of hydrogen-bond acceptors (Lipinski definition) is 4. The molecule has 0 spiro atoms. The quantitative estimate of drug-likeness (QED) is 0.765. The highest BCUT2D eigenvalue weighted by molar-refractivity contribution is 7.97. The van der Waals surface area contributed by atoms with Gasteiger partial charge in [-0.1, -0.05) is 18.2 Å². The predicted octanol–water partition coefficient (Wildman–Crippen LogP) is 1.65. The molecule has 0 atom stereocenters. The van der Waals surface area contributed by atoms with Gasteiger partial charge in [0.15, 0.2) is 9.84 Å². The smallest absolute Gasteiger partial charge is 0.339 e. The van der Waals surface area contributed by atoms with E-state index in [-0.39, 0.29) is 16.7 Å². The van der Waals surface area contributed by atoms with Crippen molar-refractivity contribution in [2.75, 3.05) is 7.11 Å². The van der Waals surface area contributed by atoms with Crippen molar-refractivity contribution in [3.63, 3.8) is 0 Å². The molecule has 1 aromatic rings. The summed E-state index contributed by atoms with van der Waals surface area (Å²) < 4.78 is 41.0. The van der Waals surface area contributed by atoms with E-state index in [0.29, 0.717) is 0 Å². The number of sulfone groups is 1. The Morgan fingerprint density at radius 1 is 1.22 bits per heavy atom. The number of carbonyl (C=O) groups excluding carboxylic acids is 1. The zero-order chi connectivity index (χ0) is 13.3. The Bertz CT molecular complexity index is 671. The van der Waals surface area contributed by atoms with Crippen LogP contribution < -0.4 is 0 Å². The molecule has 0 aliphatic carbocycles. The Kier molecular flexibility index (Phi) is 3.04. The van der Waals surface area contributed by atoms with E-state index in [9.17, 15) is 17.6 Å². The first kappa shape index (κ1) is 12.5. The van der Waals surface area contributed by atoms with Gasteiger partial charge in [-0.15, -0.1) is 0 Å². The molecule has 0 N–H and O–H groups in total. The number of methoxy groups -OCH3 is 1. The van der Waals surface area contributed by atoms with Crippen LogP contribution in [0.2, 0.25) is 0 Å². The molecule has 0 unspecified atom stereocenters.